The first kappa shape index (κ1) is 10.3. The number of carbonyl (C=O) groups excluding carboxylic acids is 1. The summed E-state index contributed by atoms with van der Waals surface area (Å²) in [5, 5.41) is 11.1. The highest BCUT2D eigenvalue weighted by molar-refractivity contribution is 5.86. The molecule has 0 N–H and O–H groups in total. The van der Waals surface area contributed by atoms with Crippen LogP contribution < -0.4 is 5.56 Å². The van der Waals surface area contributed by atoms with Gasteiger partial charge >= 0.3 is 5.97 Å². The molecule has 0 aliphatic carbocycles. The summed E-state index contributed by atoms with van der Waals surface area (Å²) in [5.41, 5.74) is -0.867. The van der Waals surface area contributed by atoms with Crippen LogP contribution in [0.3, 0.4) is 0 Å². The zero-order valence-corrected chi connectivity index (χ0v) is 8.75. The summed E-state index contributed by atoms with van der Waals surface area (Å²) in [6.07, 6.45) is 1.22. The molecule has 0 saturated heterocycles. The molecule has 16 heavy (non-hydrogen) atoms. The van der Waals surface area contributed by atoms with Gasteiger partial charge in [-0.2, -0.15) is 5.10 Å². The van der Waals surface area contributed by atoms with E-state index in [9.17, 15) is 9.59 Å². The van der Waals surface area contributed by atoms with E-state index in [1.807, 2.05) is 0 Å². The van der Waals surface area contributed by atoms with Crippen molar-refractivity contribution in [1.82, 2.24) is 24.4 Å². The second-order valence-electron chi connectivity index (χ2n) is 3.00. The van der Waals surface area contributed by atoms with Gasteiger partial charge in [0.2, 0.25) is 5.69 Å². The van der Waals surface area contributed by atoms with Crippen molar-refractivity contribution in [3.63, 3.8) is 0 Å². The average Bonchev–Trinajstić information content (AvgIpc) is 2.73. The van der Waals surface area contributed by atoms with Crippen LogP contribution in [-0.2, 0) is 11.8 Å². The van der Waals surface area contributed by atoms with Gasteiger partial charge in [-0.3, -0.25) is 4.79 Å². The van der Waals surface area contributed by atoms with E-state index in [0.717, 1.165) is 4.40 Å². The normalized spacial score (nSPS) is 10.6. The van der Waals surface area contributed by atoms with Gasteiger partial charge in [-0.1, -0.05) is 0 Å². The Labute approximate surface area is 89.5 Å². The van der Waals surface area contributed by atoms with Crippen LogP contribution in [0, 0.1) is 0 Å². The Bertz CT molecular complexity index is 599. The molecule has 0 aliphatic heterocycles. The highest BCUT2D eigenvalue weighted by atomic mass is 16.5. The fraction of sp³-hybridized carbons (Fsp3) is 0.375. The van der Waals surface area contributed by atoms with Crippen molar-refractivity contribution < 1.29 is 9.53 Å². The number of rotatable bonds is 2. The van der Waals surface area contributed by atoms with Gasteiger partial charge in [0, 0.05) is 7.05 Å². The molecule has 0 radical (unpaired) electrons. The molecule has 2 heterocycles. The molecule has 84 valence electrons. The lowest BCUT2D eigenvalue weighted by atomic mass is 10.4. The quantitative estimate of drug-likeness (QED) is 0.606. The third-order valence-corrected chi connectivity index (χ3v) is 1.96. The molecule has 0 fully saturated rings. The van der Waals surface area contributed by atoms with E-state index in [0.29, 0.717) is 0 Å². The highest BCUT2D eigenvalue weighted by Crippen LogP contribution is 1.95. The lowest BCUT2D eigenvalue weighted by Gasteiger charge is -2.03. The third kappa shape index (κ3) is 1.44. The van der Waals surface area contributed by atoms with Crippen molar-refractivity contribution in [3.8, 4) is 0 Å². The van der Waals surface area contributed by atoms with Gasteiger partial charge in [0.05, 0.1) is 6.61 Å². The van der Waals surface area contributed by atoms with E-state index in [1.165, 1.54) is 11.0 Å². The van der Waals surface area contributed by atoms with Crippen LogP contribution >= 0.6 is 0 Å². The number of aromatic nitrogens is 5. The molecular weight excluding hydrogens is 214 g/mol. The van der Waals surface area contributed by atoms with Crippen LogP contribution in [0.25, 0.3) is 5.78 Å². The Kier molecular flexibility index (Phi) is 2.39. The van der Waals surface area contributed by atoms with Gasteiger partial charge in [0.1, 0.15) is 6.33 Å². The van der Waals surface area contributed by atoms with E-state index in [1.54, 1.807) is 14.0 Å². The molecule has 0 aliphatic rings. The maximum absolute atomic E-state index is 11.8. The summed E-state index contributed by atoms with van der Waals surface area (Å²) >= 11 is 0. The minimum Gasteiger partial charge on any atom is -0.461 e. The molecule has 8 heteroatoms. The van der Waals surface area contributed by atoms with E-state index >= 15 is 0 Å². The fourth-order valence-electron chi connectivity index (χ4n) is 1.27. The molecular formula is C8H9N5O3. The summed E-state index contributed by atoms with van der Waals surface area (Å²) < 4.78 is 7.15. The molecule has 8 nitrogen and oxygen atoms in total. The van der Waals surface area contributed by atoms with E-state index in [2.05, 4.69) is 15.3 Å². The number of ether oxygens (including phenoxy) is 1. The summed E-state index contributed by atoms with van der Waals surface area (Å²) in [5.74, 6) is -0.489. The van der Waals surface area contributed by atoms with Crippen LogP contribution in [0.4, 0.5) is 0 Å². The molecule has 0 aromatic carbocycles. The summed E-state index contributed by atoms with van der Waals surface area (Å²) in [6, 6.07) is 0. The molecule has 2 aromatic heterocycles. The summed E-state index contributed by atoms with van der Waals surface area (Å²) in [6.45, 7) is 1.84. The molecule has 0 unspecified atom stereocenters. The summed E-state index contributed by atoms with van der Waals surface area (Å²) in [7, 11) is 1.56. The van der Waals surface area contributed by atoms with Crippen molar-refractivity contribution in [1.29, 1.82) is 0 Å². The number of aryl methyl sites for hydroxylation is 1. The van der Waals surface area contributed by atoms with Gasteiger partial charge in [-0.05, 0) is 6.92 Å². The Morgan fingerprint density at radius 1 is 1.56 bits per heavy atom. The Morgan fingerprint density at radius 3 is 3.00 bits per heavy atom. The maximum atomic E-state index is 11.8. The van der Waals surface area contributed by atoms with Crippen LogP contribution in [0.5, 0.6) is 0 Å². The first-order valence-corrected chi connectivity index (χ1v) is 4.59. The average molecular weight is 223 g/mol. The summed E-state index contributed by atoms with van der Waals surface area (Å²) in [4.78, 5) is 23.2. The van der Waals surface area contributed by atoms with Crippen molar-refractivity contribution >= 4 is 11.7 Å². The van der Waals surface area contributed by atoms with Crippen molar-refractivity contribution in [2.75, 3.05) is 6.61 Å². The van der Waals surface area contributed by atoms with Crippen molar-refractivity contribution in [2.45, 2.75) is 6.92 Å². The number of fused-ring (bicyclic) bond motifs is 1. The predicted octanol–water partition coefficient (Wildman–Crippen LogP) is -1.00. The topological polar surface area (TPSA) is 91.4 Å². The van der Waals surface area contributed by atoms with E-state index < -0.39 is 11.5 Å². The third-order valence-electron chi connectivity index (χ3n) is 1.96. The van der Waals surface area contributed by atoms with Gasteiger partial charge < -0.3 is 4.74 Å². The van der Waals surface area contributed by atoms with Crippen molar-refractivity contribution in [3.05, 3.63) is 22.4 Å². The smallest absolute Gasteiger partial charge is 0.364 e. The zero-order chi connectivity index (χ0) is 11.7. The zero-order valence-electron chi connectivity index (χ0n) is 8.75. The van der Waals surface area contributed by atoms with E-state index in [-0.39, 0.29) is 18.1 Å². The van der Waals surface area contributed by atoms with Gasteiger partial charge in [-0.25, -0.2) is 13.9 Å². The molecule has 0 spiro atoms. The predicted molar refractivity (Wildman–Crippen MR) is 52.0 cm³/mol. The Morgan fingerprint density at radius 2 is 2.31 bits per heavy atom. The lowest BCUT2D eigenvalue weighted by molar-refractivity contribution is 0.0514. The minimum absolute atomic E-state index is 0.184. The standard InChI is InChI=1S/C8H9N5O3/c1-3-16-7(15)5-6(14)13-4-9-10-8(13)12(2)11-5/h4H,3H2,1-2H3. The number of hydrogen-bond acceptors (Lipinski definition) is 6. The van der Waals surface area contributed by atoms with E-state index in [4.69, 9.17) is 4.74 Å². The van der Waals surface area contributed by atoms with Crippen LogP contribution in [0.1, 0.15) is 17.4 Å². The second-order valence-corrected chi connectivity index (χ2v) is 3.00. The number of esters is 1. The van der Waals surface area contributed by atoms with Gasteiger partial charge in [0.25, 0.3) is 11.3 Å². The van der Waals surface area contributed by atoms with Crippen molar-refractivity contribution in [2.24, 2.45) is 7.05 Å². The molecule has 2 rings (SSSR count). The fourth-order valence-corrected chi connectivity index (χ4v) is 1.27. The molecule has 2 aromatic rings. The van der Waals surface area contributed by atoms with Gasteiger partial charge in [-0.15, -0.1) is 10.2 Å². The largest absolute Gasteiger partial charge is 0.461 e. The number of nitrogens with zero attached hydrogens (tertiary/aromatic N) is 5. The first-order valence-electron chi connectivity index (χ1n) is 4.59. The maximum Gasteiger partial charge on any atom is 0.364 e. The van der Waals surface area contributed by atoms with Crippen LogP contribution in [0.15, 0.2) is 11.1 Å². The monoisotopic (exact) mass is 223 g/mol. The number of hydrogen-bond donors (Lipinski definition) is 0. The molecule has 0 atom stereocenters. The highest BCUT2D eigenvalue weighted by Gasteiger charge is 2.18. The first-order chi connectivity index (χ1) is 7.65. The molecule has 0 amide bonds. The second kappa shape index (κ2) is 3.72. The Balaban J connectivity index is 2.67. The lowest BCUT2D eigenvalue weighted by Crippen LogP contribution is -2.28. The van der Waals surface area contributed by atoms with Crippen LogP contribution in [-0.4, -0.2) is 37.0 Å². The van der Waals surface area contributed by atoms with Crippen LogP contribution in [0.2, 0.25) is 0 Å². The molecule has 0 saturated carbocycles. The Hall–Kier alpha value is -2.25. The SMILES string of the molecule is CCOC(=O)c1nn(C)c2nncn2c1=O. The number of carbonyl (C=O) groups is 1. The minimum atomic E-state index is -0.751. The molecule has 0 bridgehead atoms. The van der Waals surface area contributed by atoms with Gasteiger partial charge in [0.15, 0.2) is 0 Å².